The highest BCUT2D eigenvalue weighted by molar-refractivity contribution is 8.00. The number of carbonyl (C=O) groups is 1. The summed E-state index contributed by atoms with van der Waals surface area (Å²) in [4.78, 5) is 12.9. The number of nitrogens with one attached hydrogen (secondary N) is 1. The second kappa shape index (κ2) is 5.88. The van der Waals surface area contributed by atoms with Crippen LogP contribution >= 0.6 is 11.8 Å². The summed E-state index contributed by atoms with van der Waals surface area (Å²) in [6, 6.07) is 5.68. The van der Waals surface area contributed by atoms with E-state index < -0.39 is 15.4 Å². The highest BCUT2D eigenvalue weighted by Crippen LogP contribution is 2.27. The first-order valence-corrected chi connectivity index (χ1v) is 9.50. The van der Waals surface area contributed by atoms with Gasteiger partial charge < -0.3 is 11.1 Å². The third-order valence-corrected chi connectivity index (χ3v) is 6.45. The van der Waals surface area contributed by atoms with Gasteiger partial charge >= 0.3 is 0 Å². The molecule has 7 heteroatoms. The van der Waals surface area contributed by atoms with Crippen LogP contribution < -0.4 is 11.1 Å². The van der Waals surface area contributed by atoms with E-state index in [4.69, 9.17) is 5.73 Å². The maximum atomic E-state index is 12.0. The van der Waals surface area contributed by atoms with Crippen molar-refractivity contribution < 1.29 is 13.2 Å². The van der Waals surface area contributed by atoms with E-state index in [1.165, 1.54) is 11.8 Å². The van der Waals surface area contributed by atoms with Crippen LogP contribution in [-0.4, -0.2) is 37.1 Å². The smallest absolute Gasteiger partial charge is 0.230 e. The lowest BCUT2D eigenvalue weighted by Gasteiger charge is -2.23. The molecule has 3 N–H and O–H groups in total. The summed E-state index contributed by atoms with van der Waals surface area (Å²) in [6.07, 6.45) is 0.471. The van der Waals surface area contributed by atoms with Crippen molar-refractivity contribution in [3.05, 3.63) is 23.8 Å². The quantitative estimate of drug-likeness (QED) is 0.643. The van der Waals surface area contributed by atoms with Gasteiger partial charge in [0.2, 0.25) is 5.91 Å². The number of rotatable bonds is 4. The van der Waals surface area contributed by atoms with Gasteiger partial charge in [-0.05, 0) is 38.0 Å². The van der Waals surface area contributed by atoms with Crippen LogP contribution in [0.15, 0.2) is 23.1 Å². The molecular formula is C14H20N2O3S2. The zero-order valence-electron chi connectivity index (χ0n) is 12.2. The van der Waals surface area contributed by atoms with Gasteiger partial charge in [-0.25, -0.2) is 8.42 Å². The molecule has 1 atom stereocenters. The minimum atomic E-state index is -3.02. The first kappa shape index (κ1) is 16.2. The lowest BCUT2D eigenvalue weighted by molar-refractivity contribution is -0.120. The van der Waals surface area contributed by atoms with Crippen molar-refractivity contribution in [3.8, 4) is 0 Å². The van der Waals surface area contributed by atoms with Crippen LogP contribution in [0.3, 0.4) is 0 Å². The molecule has 1 aliphatic rings. The van der Waals surface area contributed by atoms with E-state index in [1.807, 2.05) is 25.1 Å². The Hall–Kier alpha value is -1.21. The first-order valence-electron chi connectivity index (χ1n) is 6.69. The fourth-order valence-electron chi connectivity index (χ4n) is 2.39. The van der Waals surface area contributed by atoms with E-state index in [9.17, 15) is 13.2 Å². The van der Waals surface area contributed by atoms with Gasteiger partial charge in [0.25, 0.3) is 0 Å². The number of anilines is 1. The van der Waals surface area contributed by atoms with Crippen LogP contribution in [0.4, 0.5) is 5.69 Å². The lowest BCUT2D eigenvalue weighted by atomic mass is 10.0. The van der Waals surface area contributed by atoms with Gasteiger partial charge in [0.1, 0.15) is 0 Å². The summed E-state index contributed by atoms with van der Waals surface area (Å²) in [6.45, 7) is 3.75. The predicted octanol–water partition coefficient (Wildman–Crippen LogP) is 1.36. The van der Waals surface area contributed by atoms with Gasteiger partial charge in [0, 0.05) is 10.6 Å². The summed E-state index contributed by atoms with van der Waals surface area (Å²) in [5.41, 5.74) is 6.96. The van der Waals surface area contributed by atoms with Gasteiger partial charge in [0.15, 0.2) is 9.84 Å². The molecule has 116 valence electrons. The Labute approximate surface area is 129 Å². The van der Waals surface area contributed by atoms with Crippen molar-refractivity contribution in [1.29, 1.82) is 0 Å². The van der Waals surface area contributed by atoms with Crippen LogP contribution in [0.5, 0.6) is 0 Å². The molecule has 0 radical (unpaired) electrons. The molecule has 2 rings (SSSR count). The molecule has 1 unspecified atom stereocenters. The number of nitrogen functional groups attached to an aromatic ring is 1. The van der Waals surface area contributed by atoms with E-state index in [0.717, 1.165) is 10.5 Å². The maximum Gasteiger partial charge on any atom is 0.230 e. The molecule has 0 spiro atoms. The minimum Gasteiger partial charge on any atom is -0.398 e. The molecule has 0 bridgehead atoms. The Balaban J connectivity index is 1.92. The molecule has 0 aliphatic carbocycles. The van der Waals surface area contributed by atoms with Crippen molar-refractivity contribution in [3.63, 3.8) is 0 Å². The van der Waals surface area contributed by atoms with Crippen LogP contribution in [-0.2, 0) is 14.6 Å². The lowest BCUT2D eigenvalue weighted by Crippen LogP contribution is -2.47. The largest absolute Gasteiger partial charge is 0.398 e. The molecule has 1 amide bonds. The van der Waals surface area contributed by atoms with E-state index in [1.54, 1.807) is 6.92 Å². The summed E-state index contributed by atoms with van der Waals surface area (Å²) in [5, 5.41) is 2.84. The van der Waals surface area contributed by atoms with E-state index >= 15 is 0 Å². The SMILES string of the molecule is Cc1ccc(N)c(SCC(=O)NC2(C)CCS(=O)(=O)C2)c1. The third kappa shape index (κ3) is 4.38. The van der Waals surface area contributed by atoms with Crippen LogP contribution in [0.25, 0.3) is 0 Å². The Bertz CT molecular complexity index is 658. The standard InChI is InChI=1S/C14H20N2O3S2/c1-10-3-4-11(15)12(7-10)20-8-13(17)16-14(2)5-6-21(18,19)9-14/h3-4,7H,5-6,8-9,15H2,1-2H3,(H,16,17). The minimum absolute atomic E-state index is 0.0169. The second-order valence-electron chi connectivity index (χ2n) is 5.78. The van der Waals surface area contributed by atoms with E-state index in [0.29, 0.717) is 12.1 Å². The van der Waals surface area contributed by atoms with Gasteiger partial charge in [-0.2, -0.15) is 0 Å². The normalized spacial score (nSPS) is 23.9. The fourth-order valence-corrected chi connectivity index (χ4v) is 5.35. The molecule has 1 aromatic carbocycles. The van der Waals surface area contributed by atoms with Crippen molar-refractivity contribution in [2.45, 2.75) is 30.7 Å². The Morgan fingerprint density at radius 1 is 1.48 bits per heavy atom. The Morgan fingerprint density at radius 3 is 2.81 bits per heavy atom. The summed E-state index contributed by atoms with van der Waals surface area (Å²) >= 11 is 1.36. The number of hydrogen-bond donors (Lipinski definition) is 2. The molecule has 1 heterocycles. The van der Waals surface area contributed by atoms with Crippen molar-refractivity contribution in [2.75, 3.05) is 23.0 Å². The van der Waals surface area contributed by atoms with Crippen molar-refractivity contribution in [2.24, 2.45) is 0 Å². The summed E-state index contributed by atoms with van der Waals surface area (Å²) in [7, 11) is -3.02. The maximum absolute atomic E-state index is 12.0. The van der Waals surface area contributed by atoms with Gasteiger partial charge in [-0.15, -0.1) is 11.8 Å². The third-order valence-electron chi connectivity index (χ3n) is 3.47. The monoisotopic (exact) mass is 328 g/mol. The number of sulfone groups is 1. The van der Waals surface area contributed by atoms with E-state index in [-0.39, 0.29) is 23.2 Å². The molecule has 1 aliphatic heterocycles. The van der Waals surface area contributed by atoms with Gasteiger partial charge in [-0.3, -0.25) is 4.79 Å². The Morgan fingerprint density at radius 2 is 2.19 bits per heavy atom. The highest BCUT2D eigenvalue weighted by atomic mass is 32.2. The molecule has 1 saturated heterocycles. The van der Waals surface area contributed by atoms with Gasteiger partial charge in [-0.1, -0.05) is 6.07 Å². The summed E-state index contributed by atoms with van der Waals surface area (Å²) < 4.78 is 23.0. The fraction of sp³-hybridized carbons (Fsp3) is 0.500. The molecule has 0 aromatic heterocycles. The number of aryl methyl sites for hydroxylation is 1. The number of thioether (sulfide) groups is 1. The number of amides is 1. The average Bonchev–Trinajstić information content (AvgIpc) is 2.64. The summed E-state index contributed by atoms with van der Waals surface area (Å²) in [5.74, 6) is 0.217. The number of nitrogens with two attached hydrogens (primary N) is 1. The second-order valence-corrected chi connectivity index (χ2v) is 8.98. The molecule has 1 aromatic rings. The van der Waals surface area contributed by atoms with Crippen LogP contribution in [0, 0.1) is 6.92 Å². The predicted molar refractivity (Wildman–Crippen MR) is 86.1 cm³/mol. The van der Waals surface area contributed by atoms with Crippen molar-refractivity contribution in [1.82, 2.24) is 5.32 Å². The number of benzene rings is 1. The number of carbonyl (C=O) groups excluding carboxylic acids is 1. The van der Waals surface area contributed by atoms with Crippen LogP contribution in [0.1, 0.15) is 18.9 Å². The van der Waals surface area contributed by atoms with Crippen LogP contribution in [0.2, 0.25) is 0 Å². The molecule has 0 saturated carbocycles. The average molecular weight is 328 g/mol. The molecule has 1 fully saturated rings. The molecular weight excluding hydrogens is 308 g/mol. The van der Waals surface area contributed by atoms with E-state index in [2.05, 4.69) is 5.32 Å². The topological polar surface area (TPSA) is 89.3 Å². The molecule has 5 nitrogen and oxygen atoms in total. The first-order chi connectivity index (χ1) is 9.69. The molecule has 21 heavy (non-hydrogen) atoms. The zero-order valence-corrected chi connectivity index (χ0v) is 13.8. The zero-order chi connectivity index (χ0) is 15.7. The van der Waals surface area contributed by atoms with Crippen molar-refractivity contribution >= 4 is 33.2 Å². The van der Waals surface area contributed by atoms with Gasteiger partial charge in [0.05, 0.1) is 22.8 Å². The highest BCUT2D eigenvalue weighted by Gasteiger charge is 2.39. The Kier molecular flexibility index (Phi) is 4.53. The number of hydrogen-bond acceptors (Lipinski definition) is 5.